The molecular weight excluding hydrogens is 264 g/mol. The highest BCUT2D eigenvalue weighted by Gasteiger charge is 2.14. The number of hydrogen-bond acceptors (Lipinski definition) is 6. The number of thioether (sulfide) groups is 1. The van der Waals surface area contributed by atoms with Crippen molar-refractivity contribution < 1.29 is 0 Å². The number of hydrogen-bond donors (Lipinski definition) is 1. The summed E-state index contributed by atoms with van der Waals surface area (Å²) in [5.41, 5.74) is 1.08. The first-order chi connectivity index (χ1) is 8.69. The molecule has 1 aromatic heterocycles. The van der Waals surface area contributed by atoms with Crippen molar-refractivity contribution in [3.8, 4) is 0 Å². The molecular formula is C12H24N4S2. The number of nitrogens with one attached hydrogen (secondary N) is 1. The molecule has 1 unspecified atom stereocenters. The maximum Gasteiger partial charge on any atom is 0.134 e. The lowest BCUT2D eigenvalue weighted by molar-refractivity contribution is 0.242. The summed E-state index contributed by atoms with van der Waals surface area (Å²) >= 11 is 3.36. The van der Waals surface area contributed by atoms with Crippen LogP contribution < -0.4 is 5.32 Å². The Bertz CT molecular complexity index is 330. The van der Waals surface area contributed by atoms with Crippen molar-refractivity contribution in [2.75, 3.05) is 30.9 Å². The van der Waals surface area contributed by atoms with E-state index in [1.54, 1.807) is 0 Å². The first-order valence-electron chi connectivity index (χ1n) is 6.43. The molecule has 18 heavy (non-hydrogen) atoms. The van der Waals surface area contributed by atoms with Gasteiger partial charge in [-0.15, -0.1) is 5.10 Å². The molecule has 0 aliphatic heterocycles. The summed E-state index contributed by atoms with van der Waals surface area (Å²) in [6, 6.07) is 0.582. The third-order valence-electron chi connectivity index (χ3n) is 2.98. The molecule has 4 nitrogen and oxygen atoms in total. The highest BCUT2D eigenvalue weighted by atomic mass is 32.2. The van der Waals surface area contributed by atoms with Crippen molar-refractivity contribution in [3.05, 3.63) is 5.69 Å². The molecule has 0 aliphatic carbocycles. The Hall–Kier alpha value is -0.330. The van der Waals surface area contributed by atoms with Gasteiger partial charge in [-0.1, -0.05) is 11.4 Å². The van der Waals surface area contributed by atoms with Gasteiger partial charge in [-0.25, -0.2) is 0 Å². The Kier molecular flexibility index (Phi) is 7.62. The molecule has 0 fully saturated rings. The lowest BCUT2D eigenvalue weighted by Crippen LogP contribution is -2.29. The molecule has 0 saturated heterocycles. The highest BCUT2D eigenvalue weighted by molar-refractivity contribution is 7.98. The Morgan fingerprint density at radius 3 is 2.94 bits per heavy atom. The predicted molar refractivity (Wildman–Crippen MR) is 82.6 cm³/mol. The zero-order chi connectivity index (χ0) is 13.4. The van der Waals surface area contributed by atoms with E-state index in [4.69, 9.17) is 0 Å². The fourth-order valence-corrected chi connectivity index (χ4v) is 2.76. The van der Waals surface area contributed by atoms with Crippen LogP contribution in [-0.4, -0.2) is 46.1 Å². The average molecular weight is 288 g/mol. The van der Waals surface area contributed by atoms with Gasteiger partial charge in [-0.3, -0.25) is 4.90 Å². The van der Waals surface area contributed by atoms with E-state index in [9.17, 15) is 0 Å². The molecule has 104 valence electrons. The van der Waals surface area contributed by atoms with Gasteiger partial charge in [0.25, 0.3) is 0 Å². The molecule has 1 heterocycles. The Morgan fingerprint density at radius 2 is 2.28 bits per heavy atom. The summed E-state index contributed by atoms with van der Waals surface area (Å²) in [4.78, 5) is 2.35. The molecule has 1 atom stereocenters. The third-order valence-corrected chi connectivity index (χ3v) is 4.35. The van der Waals surface area contributed by atoms with E-state index in [1.165, 1.54) is 23.7 Å². The van der Waals surface area contributed by atoms with Crippen molar-refractivity contribution in [3.63, 3.8) is 0 Å². The van der Waals surface area contributed by atoms with Gasteiger partial charge in [0.15, 0.2) is 0 Å². The van der Waals surface area contributed by atoms with Crippen LogP contribution in [0, 0.1) is 0 Å². The van der Waals surface area contributed by atoms with E-state index in [0.717, 1.165) is 30.2 Å². The monoisotopic (exact) mass is 288 g/mol. The molecule has 1 aromatic rings. The maximum atomic E-state index is 4.23. The molecule has 6 heteroatoms. The van der Waals surface area contributed by atoms with Crippen molar-refractivity contribution in [2.24, 2.45) is 0 Å². The van der Waals surface area contributed by atoms with Crippen molar-refractivity contribution in [1.29, 1.82) is 0 Å². The van der Waals surface area contributed by atoms with Gasteiger partial charge in [-0.05, 0) is 38.8 Å². The number of aromatic nitrogens is 2. The summed E-state index contributed by atoms with van der Waals surface area (Å²) in [5, 5.41) is 8.75. The minimum Gasteiger partial charge on any atom is -0.374 e. The minimum atomic E-state index is 0.582. The van der Waals surface area contributed by atoms with Crippen LogP contribution in [-0.2, 0) is 6.54 Å². The van der Waals surface area contributed by atoms with Crippen LogP contribution >= 0.6 is 23.3 Å². The fraction of sp³-hybridized carbons (Fsp3) is 0.833. The van der Waals surface area contributed by atoms with E-state index in [1.807, 2.05) is 11.8 Å². The van der Waals surface area contributed by atoms with Crippen LogP contribution in [0.25, 0.3) is 0 Å². The third kappa shape index (κ3) is 5.12. The molecule has 0 aromatic carbocycles. The first-order valence-corrected chi connectivity index (χ1v) is 8.60. The molecule has 0 radical (unpaired) electrons. The standard InChI is InChI=1S/C12H24N4S2/c1-5-7-13-12-11(14-15-18-12)9-16(3)10(2)6-8-17-4/h10,13H,5-9H2,1-4H3. The van der Waals surface area contributed by atoms with E-state index in [-0.39, 0.29) is 0 Å². The van der Waals surface area contributed by atoms with Gasteiger partial charge in [0.1, 0.15) is 10.7 Å². The van der Waals surface area contributed by atoms with Crippen LogP contribution in [0.1, 0.15) is 32.4 Å². The van der Waals surface area contributed by atoms with E-state index in [2.05, 4.69) is 47.0 Å². The second-order valence-corrected chi connectivity index (χ2v) is 6.26. The van der Waals surface area contributed by atoms with Gasteiger partial charge in [-0.2, -0.15) is 11.8 Å². The lowest BCUT2D eigenvalue weighted by atomic mass is 10.2. The van der Waals surface area contributed by atoms with Gasteiger partial charge in [0.05, 0.1) is 0 Å². The summed E-state index contributed by atoms with van der Waals surface area (Å²) in [5.74, 6) is 1.21. The van der Waals surface area contributed by atoms with Crippen LogP contribution in [0.5, 0.6) is 0 Å². The molecule has 1 rings (SSSR count). The topological polar surface area (TPSA) is 41.1 Å². The Labute approximate surface area is 119 Å². The molecule has 0 amide bonds. The van der Waals surface area contributed by atoms with Crippen molar-refractivity contribution >= 4 is 28.3 Å². The minimum absolute atomic E-state index is 0.582. The summed E-state index contributed by atoms with van der Waals surface area (Å²) < 4.78 is 4.05. The van der Waals surface area contributed by atoms with Gasteiger partial charge >= 0.3 is 0 Å². The second kappa shape index (κ2) is 8.72. The van der Waals surface area contributed by atoms with Crippen molar-refractivity contribution in [2.45, 2.75) is 39.3 Å². The van der Waals surface area contributed by atoms with Crippen LogP contribution in [0.3, 0.4) is 0 Å². The van der Waals surface area contributed by atoms with Gasteiger partial charge in [0, 0.05) is 30.7 Å². The molecule has 0 bridgehead atoms. The lowest BCUT2D eigenvalue weighted by Gasteiger charge is -2.23. The fourth-order valence-electron chi connectivity index (χ4n) is 1.59. The summed E-state index contributed by atoms with van der Waals surface area (Å²) in [6.07, 6.45) is 4.49. The first kappa shape index (κ1) is 15.7. The van der Waals surface area contributed by atoms with Crippen LogP contribution in [0.15, 0.2) is 0 Å². The van der Waals surface area contributed by atoms with E-state index in [0.29, 0.717) is 6.04 Å². The van der Waals surface area contributed by atoms with E-state index >= 15 is 0 Å². The quantitative estimate of drug-likeness (QED) is 0.756. The molecule has 0 saturated carbocycles. The zero-order valence-corrected chi connectivity index (χ0v) is 13.4. The van der Waals surface area contributed by atoms with E-state index < -0.39 is 0 Å². The predicted octanol–water partition coefficient (Wildman–Crippen LogP) is 2.93. The van der Waals surface area contributed by atoms with Gasteiger partial charge in [0.2, 0.25) is 0 Å². The Morgan fingerprint density at radius 1 is 1.50 bits per heavy atom. The number of nitrogens with zero attached hydrogens (tertiary/aromatic N) is 3. The summed E-state index contributed by atoms with van der Waals surface area (Å²) in [6.45, 7) is 6.30. The van der Waals surface area contributed by atoms with Crippen molar-refractivity contribution in [1.82, 2.24) is 14.5 Å². The van der Waals surface area contributed by atoms with Crippen LogP contribution in [0.2, 0.25) is 0 Å². The molecule has 1 N–H and O–H groups in total. The molecule has 0 aliphatic rings. The summed E-state index contributed by atoms with van der Waals surface area (Å²) in [7, 11) is 2.16. The maximum absolute atomic E-state index is 4.23. The smallest absolute Gasteiger partial charge is 0.134 e. The second-order valence-electron chi connectivity index (χ2n) is 4.52. The number of rotatable bonds is 9. The Balaban J connectivity index is 2.47. The molecule has 0 spiro atoms. The average Bonchev–Trinajstić information content (AvgIpc) is 2.80. The highest BCUT2D eigenvalue weighted by Crippen LogP contribution is 2.20. The zero-order valence-electron chi connectivity index (χ0n) is 11.8. The van der Waals surface area contributed by atoms with Gasteiger partial charge < -0.3 is 5.32 Å². The SMILES string of the molecule is CCCNc1snnc1CN(C)C(C)CCSC. The van der Waals surface area contributed by atoms with Crippen LogP contribution in [0.4, 0.5) is 5.00 Å². The largest absolute Gasteiger partial charge is 0.374 e. The normalized spacial score (nSPS) is 12.9. The number of anilines is 1.